The molecule has 2 aromatic carbocycles. The van der Waals surface area contributed by atoms with Crippen LogP contribution in [-0.4, -0.2) is 23.2 Å². The molecule has 0 aliphatic heterocycles. The Morgan fingerprint density at radius 2 is 1.11 bits per heavy atom. The van der Waals surface area contributed by atoms with Gasteiger partial charge in [-0.1, -0.05) is 115 Å². The van der Waals surface area contributed by atoms with E-state index < -0.39 is 0 Å². The number of ether oxygens (including phenoxy) is 2. The third-order valence-corrected chi connectivity index (χ3v) is 7.03. The molecule has 3 aromatic rings. The monoisotopic (exact) mass is 502 g/mol. The topological polar surface area (TPSA) is 44.2 Å². The zero-order valence-corrected chi connectivity index (χ0v) is 23.3. The summed E-state index contributed by atoms with van der Waals surface area (Å²) in [6.45, 7) is 8.37. The first-order valence-electron chi connectivity index (χ1n) is 14.5. The zero-order valence-electron chi connectivity index (χ0n) is 23.3. The minimum atomic E-state index is 0.715. The second-order valence-electron chi connectivity index (χ2n) is 10.2. The van der Waals surface area contributed by atoms with Gasteiger partial charge in [0, 0.05) is 5.56 Å². The number of benzene rings is 2. The molecule has 4 nitrogen and oxygen atoms in total. The summed E-state index contributed by atoms with van der Waals surface area (Å²) in [4.78, 5) is 9.04. The quantitative estimate of drug-likeness (QED) is 0.162. The molecule has 0 saturated heterocycles. The summed E-state index contributed by atoms with van der Waals surface area (Å²) in [6.07, 6.45) is 17.4. The van der Waals surface area contributed by atoms with Crippen molar-refractivity contribution in [1.29, 1.82) is 0 Å². The molecule has 1 atom stereocenters. The first-order valence-corrected chi connectivity index (χ1v) is 14.5. The van der Waals surface area contributed by atoms with Crippen LogP contribution in [-0.2, 0) is 0 Å². The summed E-state index contributed by atoms with van der Waals surface area (Å²) >= 11 is 0. The largest absolute Gasteiger partial charge is 0.494 e. The highest BCUT2D eigenvalue weighted by molar-refractivity contribution is 5.68. The molecular formula is C33H46N2O2. The molecule has 4 heteroatoms. The van der Waals surface area contributed by atoms with E-state index in [1.54, 1.807) is 12.4 Å². The SMILES string of the molecule is CCCCCCOc1ccc(-c2ccc(-c3ncc(OCCCCCCC[C@@H](C)CC)cn3)cc2)cc1. The van der Waals surface area contributed by atoms with Crippen LogP contribution < -0.4 is 9.47 Å². The van der Waals surface area contributed by atoms with Crippen LogP contribution in [0.5, 0.6) is 11.5 Å². The van der Waals surface area contributed by atoms with Crippen LogP contribution in [0.3, 0.4) is 0 Å². The fourth-order valence-electron chi connectivity index (χ4n) is 4.33. The third kappa shape index (κ3) is 10.6. The number of aromatic nitrogens is 2. The van der Waals surface area contributed by atoms with E-state index in [-0.39, 0.29) is 0 Å². The molecule has 200 valence electrons. The Bertz CT molecular complexity index is 984. The maximum atomic E-state index is 5.86. The molecule has 0 fully saturated rings. The molecule has 0 aliphatic rings. The van der Waals surface area contributed by atoms with E-state index in [0.29, 0.717) is 5.82 Å². The molecule has 0 N–H and O–H groups in total. The number of nitrogens with zero attached hydrogens (tertiary/aromatic N) is 2. The third-order valence-electron chi connectivity index (χ3n) is 7.03. The molecule has 1 heterocycles. The molecule has 0 amide bonds. The maximum Gasteiger partial charge on any atom is 0.159 e. The molecule has 0 aliphatic carbocycles. The summed E-state index contributed by atoms with van der Waals surface area (Å²) < 4.78 is 11.7. The number of hydrogen-bond donors (Lipinski definition) is 0. The fourth-order valence-corrected chi connectivity index (χ4v) is 4.33. The van der Waals surface area contributed by atoms with Crippen LogP contribution in [0.1, 0.15) is 91.4 Å². The van der Waals surface area contributed by atoms with Gasteiger partial charge in [0.1, 0.15) is 5.75 Å². The lowest BCUT2D eigenvalue weighted by atomic mass is 10.0. The smallest absolute Gasteiger partial charge is 0.159 e. The van der Waals surface area contributed by atoms with E-state index >= 15 is 0 Å². The lowest BCUT2D eigenvalue weighted by molar-refractivity contribution is 0.301. The van der Waals surface area contributed by atoms with Gasteiger partial charge in [0.15, 0.2) is 11.6 Å². The van der Waals surface area contributed by atoms with Crippen LogP contribution in [0.4, 0.5) is 0 Å². The van der Waals surface area contributed by atoms with Gasteiger partial charge < -0.3 is 9.47 Å². The Kier molecular flexibility index (Phi) is 13.0. The minimum absolute atomic E-state index is 0.715. The Morgan fingerprint density at radius 3 is 1.73 bits per heavy atom. The molecular weight excluding hydrogens is 456 g/mol. The van der Waals surface area contributed by atoms with Crippen LogP contribution >= 0.6 is 0 Å². The molecule has 3 rings (SSSR count). The van der Waals surface area contributed by atoms with Gasteiger partial charge >= 0.3 is 0 Å². The molecule has 0 unspecified atom stereocenters. The van der Waals surface area contributed by atoms with E-state index in [2.05, 4.69) is 79.3 Å². The average Bonchev–Trinajstić information content (AvgIpc) is 2.95. The van der Waals surface area contributed by atoms with Gasteiger partial charge in [-0.25, -0.2) is 9.97 Å². The second-order valence-corrected chi connectivity index (χ2v) is 10.2. The standard InChI is InChI=1S/C33H46N2O2/c1-4-6-7-12-23-36-31-21-19-29(20-22-31)28-15-17-30(18-16-28)33-34-25-32(26-35-33)37-24-13-10-8-9-11-14-27(3)5-2/h15-22,25-27H,4-14,23-24H2,1-3H3/t27-/m0/s1. The lowest BCUT2D eigenvalue weighted by Crippen LogP contribution is -1.99. The Morgan fingerprint density at radius 1 is 0.595 bits per heavy atom. The van der Waals surface area contributed by atoms with Crippen molar-refractivity contribution >= 4 is 0 Å². The summed E-state index contributed by atoms with van der Waals surface area (Å²) in [7, 11) is 0. The van der Waals surface area contributed by atoms with Crippen LogP contribution in [0.25, 0.3) is 22.5 Å². The van der Waals surface area contributed by atoms with Gasteiger partial charge in [-0.05, 0) is 42.0 Å². The van der Waals surface area contributed by atoms with Gasteiger partial charge in [0.2, 0.25) is 0 Å². The van der Waals surface area contributed by atoms with Crippen LogP contribution in [0.15, 0.2) is 60.9 Å². The van der Waals surface area contributed by atoms with E-state index in [9.17, 15) is 0 Å². The van der Waals surface area contributed by atoms with E-state index in [1.165, 1.54) is 63.4 Å². The second kappa shape index (κ2) is 16.8. The predicted octanol–water partition coefficient (Wildman–Crippen LogP) is 9.54. The predicted molar refractivity (Wildman–Crippen MR) is 155 cm³/mol. The normalized spacial score (nSPS) is 11.9. The van der Waals surface area contributed by atoms with Gasteiger partial charge in [-0.2, -0.15) is 0 Å². The first kappa shape index (κ1) is 28.7. The number of rotatable bonds is 18. The van der Waals surface area contributed by atoms with Crippen molar-refractivity contribution in [2.75, 3.05) is 13.2 Å². The Labute approximate surface area is 224 Å². The van der Waals surface area contributed by atoms with Crippen molar-refractivity contribution in [3.63, 3.8) is 0 Å². The average molecular weight is 503 g/mol. The number of unbranched alkanes of at least 4 members (excludes halogenated alkanes) is 7. The van der Waals surface area contributed by atoms with Crippen LogP contribution in [0, 0.1) is 5.92 Å². The Hall–Kier alpha value is -2.88. The van der Waals surface area contributed by atoms with Crippen molar-refractivity contribution < 1.29 is 9.47 Å². The summed E-state index contributed by atoms with van der Waals surface area (Å²) in [5, 5.41) is 0. The molecule has 0 spiro atoms. The lowest BCUT2D eigenvalue weighted by Gasteiger charge is -2.09. The minimum Gasteiger partial charge on any atom is -0.494 e. The summed E-state index contributed by atoms with van der Waals surface area (Å²) in [6, 6.07) is 16.7. The Balaban J connectivity index is 1.39. The van der Waals surface area contributed by atoms with E-state index in [0.717, 1.165) is 54.6 Å². The van der Waals surface area contributed by atoms with Crippen molar-refractivity contribution in [2.45, 2.75) is 91.4 Å². The molecule has 37 heavy (non-hydrogen) atoms. The highest BCUT2D eigenvalue weighted by atomic mass is 16.5. The van der Waals surface area contributed by atoms with Gasteiger partial charge in [-0.15, -0.1) is 0 Å². The highest BCUT2D eigenvalue weighted by Gasteiger charge is 2.05. The van der Waals surface area contributed by atoms with Crippen molar-refractivity contribution in [1.82, 2.24) is 9.97 Å². The first-order chi connectivity index (χ1) is 18.2. The highest BCUT2D eigenvalue weighted by Crippen LogP contribution is 2.25. The summed E-state index contributed by atoms with van der Waals surface area (Å²) in [5.74, 6) is 3.26. The van der Waals surface area contributed by atoms with E-state index in [4.69, 9.17) is 9.47 Å². The van der Waals surface area contributed by atoms with Crippen molar-refractivity contribution in [3.05, 3.63) is 60.9 Å². The van der Waals surface area contributed by atoms with Crippen LogP contribution in [0.2, 0.25) is 0 Å². The van der Waals surface area contributed by atoms with Gasteiger partial charge in [0.25, 0.3) is 0 Å². The zero-order chi connectivity index (χ0) is 26.1. The maximum absolute atomic E-state index is 5.86. The van der Waals surface area contributed by atoms with E-state index in [1.807, 2.05) is 0 Å². The molecule has 0 saturated carbocycles. The molecule has 0 bridgehead atoms. The summed E-state index contributed by atoms with van der Waals surface area (Å²) in [5.41, 5.74) is 3.34. The van der Waals surface area contributed by atoms with Gasteiger partial charge in [0.05, 0.1) is 25.6 Å². The number of hydrogen-bond acceptors (Lipinski definition) is 4. The molecule has 1 aromatic heterocycles. The van der Waals surface area contributed by atoms with Crippen molar-refractivity contribution in [3.8, 4) is 34.0 Å². The van der Waals surface area contributed by atoms with Gasteiger partial charge in [-0.3, -0.25) is 0 Å². The van der Waals surface area contributed by atoms with Crippen molar-refractivity contribution in [2.24, 2.45) is 5.92 Å². The molecule has 0 radical (unpaired) electrons. The fraction of sp³-hybridized carbons (Fsp3) is 0.515.